The molecule has 0 aromatic carbocycles. The van der Waals surface area contributed by atoms with Crippen molar-refractivity contribution in [3.8, 4) is 0 Å². The van der Waals surface area contributed by atoms with Gasteiger partial charge in [0.05, 0.1) is 18.7 Å². The average Bonchev–Trinajstić information content (AvgIpc) is 2.58. The van der Waals surface area contributed by atoms with Gasteiger partial charge in [-0.25, -0.2) is 0 Å². The number of hydrogen-bond acceptors (Lipinski definition) is 11. The van der Waals surface area contributed by atoms with Gasteiger partial charge in [-0.1, -0.05) is 0 Å². The standard InChI is InChI=1S/C13H25NO10/c1-23-13-9(19)4(6(16)3(2-15)24-13)14-5-7(17)10(20)12(22)11(21)8(5)18/h3-22H,2H2,1H3/t3-,4+,5?,6-,7-,8-,9-,10-,11+,12?,13+/m1/s1. The van der Waals surface area contributed by atoms with E-state index in [4.69, 9.17) is 9.47 Å². The highest BCUT2D eigenvalue weighted by Crippen LogP contribution is 2.26. The maximum absolute atomic E-state index is 10.2. The van der Waals surface area contributed by atoms with Crippen molar-refractivity contribution in [3.05, 3.63) is 0 Å². The van der Waals surface area contributed by atoms with Gasteiger partial charge in [-0.2, -0.15) is 0 Å². The van der Waals surface area contributed by atoms with Crippen molar-refractivity contribution in [3.63, 3.8) is 0 Å². The number of hydrogen-bond donors (Lipinski definition) is 9. The molecule has 2 unspecified atom stereocenters. The molecule has 0 spiro atoms. The molecule has 2 fully saturated rings. The maximum atomic E-state index is 10.2. The summed E-state index contributed by atoms with van der Waals surface area (Å²) in [7, 11) is 1.24. The van der Waals surface area contributed by atoms with Crippen LogP contribution in [-0.4, -0.2) is 122 Å². The fraction of sp³-hybridized carbons (Fsp3) is 1.00. The van der Waals surface area contributed by atoms with Crippen LogP contribution in [0, 0.1) is 0 Å². The van der Waals surface area contributed by atoms with E-state index >= 15 is 0 Å². The van der Waals surface area contributed by atoms with Crippen molar-refractivity contribution in [1.29, 1.82) is 0 Å². The number of aliphatic hydroxyl groups is 8. The Morgan fingerprint density at radius 1 is 0.750 bits per heavy atom. The zero-order valence-corrected chi connectivity index (χ0v) is 13.0. The highest BCUT2D eigenvalue weighted by atomic mass is 16.7. The quantitative estimate of drug-likeness (QED) is 0.233. The molecule has 0 radical (unpaired) electrons. The Kier molecular flexibility index (Phi) is 6.50. The molecule has 1 heterocycles. The molecule has 24 heavy (non-hydrogen) atoms. The van der Waals surface area contributed by atoms with Crippen molar-refractivity contribution in [2.45, 2.75) is 67.2 Å². The number of methoxy groups -OCH3 is 1. The van der Waals surface area contributed by atoms with Crippen molar-refractivity contribution in [2.75, 3.05) is 13.7 Å². The summed E-state index contributed by atoms with van der Waals surface area (Å²) in [6, 6.07) is -2.59. The van der Waals surface area contributed by atoms with Gasteiger partial charge in [-0.15, -0.1) is 0 Å². The van der Waals surface area contributed by atoms with Crippen molar-refractivity contribution in [1.82, 2.24) is 5.32 Å². The third-order valence-electron chi connectivity index (χ3n) is 4.64. The minimum absolute atomic E-state index is 0.578. The molecule has 0 aromatic rings. The molecule has 2 rings (SSSR count). The lowest BCUT2D eigenvalue weighted by atomic mass is 9.82. The van der Waals surface area contributed by atoms with Gasteiger partial charge in [0.25, 0.3) is 0 Å². The van der Waals surface area contributed by atoms with Crippen LogP contribution in [0.3, 0.4) is 0 Å². The van der Waals surface area contributed by atoms with Gasteiger partial charge in [0.1, 0.15) is 48.8 Å². The summed E-state index contributed by atoms with van der Waals surface area (Å²) in [5, 5.41) is 81.3. The fourth-order valence-corrected chi connectivity index (χ4v) is 3.13. The Labute approximate surface area is 137 Å². The Hall–Kier alpha value is -0.440. The molecular formula is C13H25NO10. The van der Waals surface area contributed by atoms with Gasteiger partial charge in [0.15, 0.2) is 6.29 Å². The second-order valence-electron chi connectivity index (χ2n) is 6.11. The average molecular weight is 355 g/mol. The molecule has 11 heteroatoms. The van der Waals surface area contributed by atoms with Crippen LogP contribution in [0.2, 0.25) is 0 Å². The Morgan fingerprint density at radius 3 is 1.67 bits per heavy atom. The van der Waals surface area contributed by atoms with Crippen LogP contribution in [-0.2, 0) is 9.47 Å². The van der Waals surface area contributed by atoms with Crippen LogP contribution in [0.25, 0.3) is 0 Å². The van der Waals surface area contributed by atoms with Crippen LogP contribution in [0.4, 0.5) is 0 Å². The van der Waals surface area contributed by atoms with Crippen molar-refractivity contribution >= 4 is 0 Å². The highest BCUT2D eigenvalue weighted by Gasteiger charge is 2.52. The number of rotatable bonds is 4. The molecule has 142 valence electrons. The van der Waals surface area contributed by atoms with E-state index < -0.39 is 73.8 Å². The first-order valence-corrected chi connectivity index (χ1v) is 7.56. The van der Waals surface area contributed by atoms with E-state index in [9.17, 15) is 40.9 Å². The van der Waals surface area contributed by atoms with Crippen LogP contribution in [0.1, 0.15) is 0 Å². The topological polar surface area (TPSA) is 192 Å². The lowest BCUT2D eigenvalue weighted by molar-refractivity contribution is -0.276. The second-order valence-corrected chi connectivity index (χ2v) is 6.11. The molecule has 1 aliphatic carbocycles. The Bertz CT molecular complexity index is 382. The van der Waals surface area contributed by atoms with Gasteiger partial charge in [-0.05, 0) is 0 Å². The maximum Gasteiger partial charge on any atom is 0.185 e. The van der Waals surface area contributed by atoms with E-state index in [1.165, 1.54) is 7.11 Å². The van der Waals surface area contributed by atoms with Gasteiger partial charge in [0.2, 0.25) is 0 Å². The molecule has 1 saturated heterocycles. The molecule has 0 aromatic heterocycles. The minimum Gasteiger partial charge on any atom is -0.394 e. The van der Waals surface area contributed by atoms with E-state index in [2.05, 4.69) is 5.32 Å². The third kappa shape index (κ3) is 3.43. The zero-order valence-electron chi connectivity index (χ0n) is 13.0. The first-order valence-electron chi connectivity index (χ1n) is 7.56. The van der Waals surface area contributed by atoms with Gasteiger partial charge in [0, 0.05) is 7.11 Å². The molecule has 11 nitrogen and oxygen atoms in total. The van der Waals surface area contributed by atoms with Crippen molar-refractivity contribution < 1.29 is 50.3 Å². The van der Waals surface area contributed by atoms with Crippen LogP contribution in [0.15, 0.2) is 0 Å². The second kappa shape index (κ2) is 7.85. The summed E-state index contributed by atoms with van der Waals surface area (Å²) in [4.78, 5) is 0. The molecule has 2 aliphatic rings. The molecule has 1 aliphatic heterocycles. The molecule has 11 atom stereocenters. The molecule has 9 N–H and O–H groups in total. The van der Waals surface area contributed by atoms with Gasteiger partial charge in [-0.3, -0.25) is 0 Å². The molecule has 0 amide bonds. The monoisotopic (exact) mass is 355 g/mol. The predicted molar refractivity (Wildman–Crippen MR) is 75.5 cm³/mol. The summed E-state index contributed by atoms with van der Waals surface area (Å²) in [6.45, 7) is -0.578. The van der Waals surface area contributed by atoms with E-state index in [0.717, 1.165) is 0 Å². The normalized spacial score (nSPS) is 53.1. The lowest BCUT2D eigenvalue weighted by Gasteiger charge is -2.47. The summed E-state index contributed by atoms with van der Waals surface area (Å²) < 4.78 is 10.1. The largest absolute Gasteiger partial charge is 0.394 e. The SMILES string of the molecule is CO[C@H]1O[C@H](CO)[C@@H](O)[C@H](NC2[C@@H](O)[C@H](O)C(O)[C@H](O)[C@@H]2O)[C@H]1O. The third-order valence-corrected chi connectivity index (χ3v) is 4.64. The summed E-state index contributed by atoms with van der Waals surface area (Å²) in [6.07, 6.45) is -13.8. The van der Waals surface area contributed by atoms with Gasteiger partial charge < -0.3 is 55.6 Å². The van der Waals surface area contributed by atoms with Gasteiger partial charge >= 0.3 is 0 Å². The summed E-state index contributed by atoms with van der Waals surface area (Å²) >= 11 is 0. The Balaban J connectivity index is 2.19. The minimum atomic E-state index is -1.76. The summed E-state index contributed by atoms with van der Waals surface area (Å²) in [5.74, 6) is 0. The van der Waals surface area contributed by atoms with Crippen LogP contribution < -0.4 is 5.32 Å². The first kappa shape index (κ1) is 19.9. The smallest absolute Gasteiger partial charge is 0.185 e. The predicted octanol–water partition coefficient (Wildman–Crippen LogP) is -5.78. The van der Waals surface area contributed by atoms with E-state index in [-0.39, 0.29) is 0 Å². The zero-order chi connectivity index (χ0) is 18.2. The van der Waals surface area contributed by atoms with E-state index in [1.54, 1.807) is 0 Å². The molecule has 1 saturated carbocycles. The first-order chi connectivity index (χ1) is 11.2. The number of ether oxygens (including phenoxy) is 2. The molecule has 0 bridgehead atoms. The number of aliphatic hydroxyl groups excluding tert-OH is 8. The summed E-state index contributed by atoms with van der Waals surface area (Å²) in [5.41, 5.74) is 0. The molecular weight excluding hydrogens is 330 g/mol. The number of nitrogens with one attached hydrogen (secondary N) is 1. The van der Waals surface area contributed by atoms with Crippen LogP contribution >= 0.6 is 0 Å². The Morgan fingerprint density at radius 2 is 1.21 bits per heavy atom. The van der Waals surface area contributed by atoms with E-state index in [1.807, 2.05) is 0 Å². The fourth-order valence-electron chi connectivity index (χ4n) is 3.13. The van der Waals surface area contributed by atoms with Crippen LogP contribution in [0.5, 0.6) is 0 Å². The lowest BCUT2D eigenvalue weighted by Crippen LogP contribution is -2.73. The highest BCUT2D eigenvalue weighted by molar-refractivity contribution is 5.05. The van der Waals surface area contributed by atoms with E-state index in [0.29, 0.717) is 0 Å². The van der Waals surface area contributed by atoms with Crippen molar-refractivity contribution in [2.24, 2.45) is 0 Å².